The average Bonchev–Trinajstić information content (AvgIpc) is 2.43. The Bertz CT molecular complexity index is 601. The van der Waals surface area contributed by atoms with Gasteiger partial charge in [-0.05, 0) is 30.3 Å². The molecular formula is C12H12N4O2S. The van der Waals surface area contributed by atoms with E-state index >= 15 is 0 Å². The Hall–Kier alpha value is -2.15. The molecule has 0 saturated carbocycles. The molecule has 6 nitrogen and oxygen atoms in total. The van der Waals surface area contributed by atoms with Crippen LogP contribution in [-0.4, -0.2) is 28.0 Å². The third kappa shape index (κ3) is 3.00. The van der Waals surface area contributed by atoms with E-state index in [4.69, 9.17) is 5.73 Å². The number of aryl methyl sites for hydroxylation is 1. The van der Waals surface area contributed by atoms with Crippen molar-refractivity contribution in [3.05, 3.63) is 35.8 Å². The Balaban J connectivity index is 2.30. The molecular weight excluding hydrogens is 264 g/mol. The second-order valence-electron chi connectivity index (χ2n) is 3.71. The van der Waals surface area contributed by atoms with E-state index < -0.39 is 5.97 Å². The zero-order chi connectivity index (χ0) is 13.8. The quantitative estimate of drug-likeness (QED) is 0.673. The molecule has 2 N–H and O–H groups in total. The predicted molar refractivity (Wildman–Crippen MR) is 70.9 cm³/mol. The number of anilines is 1. The van der Waals surface area contributed by atoms with Gasteiger partial charge in [-0.1, -0.05) is 0 Å². The second-order valence-corrected chi connectivity index (χ2v) is 4.67. The van der Waals surface area contributed by atoms with Crippen molar-refractivity contribution in [1.29, 1.82) is 0 Å². The molecule has 0 unspecified atom stereocenters. The maximum atomic E-state index is 11.5. The SMILES string of the molecule is COC(=O)c1ccnc(Sc2ncc(C)cn2)c1N. The van der Waals surface area contributed by atoms with Crippen molar-refractivity contribution in [1.82, 2.24) is 15.0 Å². The van der Waals surface area contributed by atoms with Gasteiger partial charge in [-0.2, -0.15) is 0 Å². The number of ether oxygens (including phenoxy) is 1. The maximum Gasteiger partial charge on any atom is 0.340 e. The molecule has 0 aliphatic carbocycles. The van der Waals surface area contributed by atoms with Crippen molar-refractivity contribution in [2.75, 3.05) is 12.8 Å². The van der Waals surface area contributed by atoms with Crippen LogP contribution in [0.25, 0.3) is 0 Å². The number of carbonyl (C=O) groups excluding carboxylic acids is 1. The number of hydrogen-bond acceptors (Lipinski definition) is 7. The number of nitrogens with zero attached hydrogens (tertiary/aromatic N) is 3. The first-order chi connectivity index (χ1) is 9.11. The van der Waals surface area contributed by atoms with E-state index in [1.807, 2.05) is 6.92 Å². The standard InChI is InChI=1S/C12H12N4O2S/c1-7-5-15-12(16-6-7)19-10-9(13)8(3-4-14-10)11(17)18-2/h3-6H,13H2,1-2H3. The van der Waals surface area contributed by atoms with Crippen molar-refractivity contribution in [2.45, 2.75) is 17.1 Å². The zero-order valence-corrected chi connectivity index (χ0v) is 11.3. The largest absolute Gasteiger partial charge is 0.465 e. The van der Waals surface area contributed by atoms with Crippen LogP contribution < -0.4 is 5.73 Å². The molecule has 2 rings (SSSR count). The summed E-state index contributed by atoms with van der Waals surface area (Å²) in [5.74, 6) is -0.494. The van der Waals surface area contributed by atoms with Crippen LogP contribution in [0.5, 0.6) is 0 Å². The van der Waals surface area contributed by atoms with Crippen LogP contribution in [-0.2, 0) is 4.74 Å². The molecule has 2 heterocycles. The number of hydrogen-bond donors (Lipinski definition) is 1. The molecule has 0 atom stereocenters. The lowest BCUT2D eigenvalue weighted by atomic mass is 10.2. The monoisotopic (exact) mass is 276 g/mol. The molecule has 19 heavy (non-hydrogen) atoms. The fourth-order valence-electron chi connectivity index (χ4n) is 1.34. The number of pyridine rings is 1. The third-order valence-electron chi connectivity index (χ3n) is 2.30. The molecule has 2 aromatic rings. The number of methoxy groups -OCH3 is 1. The topological polar surface area (TPSA) is 91.0 Å². The minimum Gasteiger partial charge on any atom is -0.465 e. The molecule has 0 aliphatic rings. The van der Waals surface area contributed by atoms with Crippen molar-refractivity contribution in [3.63, 3.8) is 0 Å². The fourth-order valence-corrected chi connectivity index (χ4v) is 2.06. The summed E-state index contributed by atoms with van der Waals surface area (Å²) < 4.78 is 4.65. The summed E-state index contributed by atoms with van der Waals surface area (Å²) in [4.78, 5) is 23.9. The first-order valence-electron chi connectivity index (χ1n) is 5.41. The Morgan fingerprint density at radius 1 is 1.32 bits per heavy atom. The molecule has 0 amide bonds. The van der Waals surface area contributed by atoms with Crippen LogP contribution in [0.4, 0.5) is 5.69 Å². The van der Waals surface area contributed by atoms with E-state index in [-0.39, 0.29) is 11.3 Å². The summed E-state index contributed by atoms with van der Waals surface area (Å²) in [6.07, 6.45) is 4.91. The van der Waals surface area contributed by atoms with E-state index in [0.29, 0.717) is 10.2 Å². The lowest BCUT2D eigenvalue weighted by Gasteiger charge is -2.07. The average molecular weight is 276 g/mol. The molecule has 0 radical (unpaired) electrons. The van der Waals surface area contributed by atoms with Crippen LogP contribution in [0.2, 0.25) is 0 Å². The summed E-state index contributed by atoms with van der Waals surface area (Å²) >= 11 is 1.20. The molecule has 7 heteroatoms. The Morgan fingerprint density at radius 2 is 2.00 bits per heavy atom. The molecule has 0 spiro atoms. The number of nitrogens with two attached hydrogens (primary N) is 1. The van der Waals surface area contributed by atoms with Gasteiger partial charge in [-0.15, -0.1) is 0 Å². The van der Waals surface area contributed by atoms with Crippen molar-refractivity contribution in [3.8, 4) is 0 Å². The van der Waals surface area contributed by atoms with Gasteiger partial charge in [0.1, 0.15) is 5.03 Å². The minimum atomic E-state index is -0.494. The Labute approximate surface area is 114 Å². The normalized spacial score (nSPS) is 10.2. The zero-order valence-electron chi connectivity index (χ0n) is 10.5. The molecule has 0 fully saturated rings. The number of aromatic nitrogens is 3. The van der Waals surface area contributed by atoms with Gasteiger partial charge in [0.2, 0.25) is 0 Å². The van der Waals surface area contributed by atoms with E-state index in [1.165, 1.54) is 31.1 Å². The third-order valence-corrected chi connectivity index (χ3v) is 3.22. The number of nitrogen functional groups attached to an aromatic ring is 1. The lowest BCUT2D eigenvalue weighted by molar-refractivity contribution is 0.0601. The van der Waals surface area contributed by atoms with E-state index in [9.17, 15) is 4.79 Å². The Kier molecular flexibility index (Phi) is 3.96. The summed E-state index contributed by atoms with van der Waals surface area (Å²) in [6, 6.07) is 1.52. The first kappa shape index (κ1) is 13.3. The van der Waals surface area contributed by atoms with Crippen molar-refractivity contribution in [2.24, 2.45) is 0 Å². The summed E-state index contributed by atoms with van der Waals surface area (Å²) in [5, 5.41) is 0.999. The highest BCUT2D eigenvalue weighted by molar-refractivity contribution is 7.99. The number of rotatable bonds is 3. The van der Waals surface area contributed by atoms with Gasteiger partial charge in [0.25, 0.3) is 0 Å². The highest BCUT2D eigenvalue weighted by Gasteiger charge is 2.15. The van der Waals surface area contributed by atoms with Gasteiger partial charge in [-0.25, -0.2) is 19.7 Å². The number of esters is 1. The molecule has 98 valence electrons. The van der Waals surface area contributed by atoms with Crippen LogP contribution in [0.1, 0.15) is 15.9 Å². The fraction of sp³-hybridized carbons (Fsp3) is 0.167. The van der Waals surface area contributed by atoms with Gasteiger partial charge in [0.05, 0.1) is 18.4 Å². The van der Waals surface area contributed by atoms with Crippen molar-refractivity contribution >= 4 is 23.4 Å². The lowest BCUT2D eigenvalue weighted by Crippen LogP contribution is -2.07. The first-order valence-corrected chi connectivity index (χ1v) is 6.22. The molecule has 0 aromatic carbocycles. The molecule has 2 aromatic heterocycles. The van der Waals surface area contributed by atoms with Gasteiger partial charge in [0.15, 0.2) is 5.16 Å². The summed E-state index contributed by atoms with van der Waals surface area (Å²) in [5.41, 5.74) is 7.42. The highest BCUT2D eigenvalue weighted by Crippen LogP contribution is 2.29. The van der Waals surface area contributed by atoms with Gasteiger partial charge in [-0.3, -0.25) is 0 Å². The smallest absolute Gasteiger partial charge is 0.340 e. The molecule has 0 saturated heterocycles. The molecule has 0 aliphatic heterocycles. The van der Waals surface area contributed by atoms with Crippen molar-refractivity contribution < 1.29 is 9.53 Å². The van der Waals surface area contributed by atoms with Crippen LogP contribution >= 0.6 is 11.8 Å². The van der Waals surface area contributed by atoms with Crippen LogP contribution in [0.3, 0.4) is 0 Å². The predicted octanol–water partition coefficient (Wildman–Crippen LogP) is 1.70. The van der Waals surface area contributed by atoms with E-state index in [0.717, 1.165) is 5.56 Å². The Morgan fingerprint density at radius 3 is 2.63 bits per heavy atom. The van der Waals surface area contributed by atoms with Crippen LogP contribution in [0, 0.1) is 6.92 Å². The molecule has 0 bridgehead atoms. The summed E-state index contributed by atoms with van der Waals surface area (Å²) in [7, 11) is 1.30. The number of carbonyl (C=O) groups is 1. The highest BCUT2D eigenvalue weighted by atomic mass is 32.2. The summed E-state index contributed by atoms with van der Waals surface area (Å²) in [6.45, 7) is 1.90. The van der Waals surface area contributed by atoms with Crippen LogP contribution in [0.15, 0.2) is 34.8 Å². The van der Waals surface area contributed by atoms with E-state index in [1.54, 1.807) is 12.4 Å². The maximum absolute atomic E-state index is 11.5. The minimum absolute atomic E-state index is 0.267. The van der Waals surface area contributed by atoms with Gasteiger partial charge in [0, 0.05) is 18.6 Å². The second kappa shape index (κ2) is 5.66. The van der Waals surface area contributed by atoms with Gasteiger partial charge < -0.3 is 10.5 Å². The van der Waals surface area contributed by atoms with Gasteiger partial charge >= 0.3 is 5.97 Å². The van der Waals surface area contributed by atoms with E-state index in [2.05, 4.69) is 19.7 Å².